The number of aliphatic hydroxyl groups is 1. The number of nitrogens with one attached hydrogen (secondary N) is 2. The molecular formula is C29H35N3O4. The molecule has 7 heteroatoms. The Kier molecular flexibility index (Phi) is 6.84. The van der Waals surface area contributed by atoms with E-state index in [9.17, 15) is 19.5 Å². The minimum absolute atomic E-state index is 0.0669. The van der Waals surface area contributed by atoms with Crippen LogP contribution in [0.2, 0.25) is 0 Å². The summed E-state index contributed by atoms with van der Waals surface area (Å²) in [5.74, 6) is -1.14. The fourth-order valence-electron chi connectivity index (χ4n) is 6.20. The van der Waals surface area contributed by atoms with Crippen molar-refractivity contribution in [3.63, 3.8) is 0 Å². The number of hydrogen-bond acceptors (Lipinski definition) is 4. The SMILES string of the molecule is CN1C(=O)C(NC(=O)C2(NC(=O)[C@@H](O)C3CCCCC3)CCCC2)c2ccccc2-c2ccccc21. The lowest BCUT2D eigenvalue weighted by Crippen LogP contribution is -2.61. The summed E-state index contributed by atoms with van der Waals surface area (Å²) in [4.78, 5) is 42.2. The summed E-state index contributed by atoms with van der Waals surface area (Å²) < 4.78 is 0. The highest BCUT2D eigenvalue weighted by atomic mass is 16.3. The largest absolute Gasteiger partial charge is 0.383 e. The zero-order valence-electron chi connectivity index (χ0n) is 20.8. The van der Waals surface area contributed by atoms with Gasteiger partial charge in [-0.1, -0.05) is 74.6 Å². The van der Waals surface area contributed by atoms with Gasteiger partial charge >= 0.3 is 0 Å². The van der Waals surface area contributed by atoms with Crippen molar-refractivity contribution in [1.82, 2.24) is 10.6 Å². The van der Waals surface area contributed by atoms with Gasteiger partial charge in [-0.25, -0.2) is 0 Å². The van der Waals surface area contributed by atoms with Crippen molar-refractivity contribution in [1.29, 1.82) is 0 Å². The molecule has 190 valence electrons. The lowest BCUT2D eigenvalue weighted by atomic mass is 9.84. The van der Waals surface area contributed by atoms with E-state index >= 15 is 0 Å². The monoisotopic (exact) mass is 489 g/mol. The molecule has 0 radical (unpaired) electrons. The van der Waals surface area contributed by atoms with Gasteiger partial charge in [0.1, 0.15) is 17.7 Å². The number of fused-ring (bicyclic) bond motifs is 3. The van der Waals surface area contributed by atoms with Crippen LogP contribution in [0.4, 0.5) is 5.69 Å². The molecule has 2 saturated carbocycles. The molecule has 2 aliphatic carbocycles. The molecule has 36 heavy (non-hydrogen) atoms. The van der Waals surface area contributed by atoms with Crippen LogP contribution in [0.25, 0.3) is 11.1 Å². The number of amides is 3. The molecule has 3 aliphatic rings. The van der Waals surface area contributed by atoms with Crippen molar-refractivity contribution in [2.24, 2.45) is 5.92 Å². The zero-order valence-corrected chi connectivity index (χ0v) is 20.8. The van der Waals surface area contributed by atoms with Gasteiger partial charge in [0.05, 0.1) is 5.69 Å². The van der Waals surface area contributed by atoms with E-state index in [0.29, 0.717) is 12.8 Å². The standard InChI is InChI=1S/C29H35N3O4/c1-32-23-16-8-7-14-21(23)20-13-5-6-15-22(20)24(27(32)35)30-28(36)29(17-9-10-18-29)31-26(34)25(33)19-11-3-2-4-12-19/h5-8,13-16,19,24-25,33H,2-4,9-12,17-18H2,1H3,(H,30,36)(H,31,34)/t24?,25-/m0/s1. The van der Waals surface area contributed by atoms with Crippen LogP contribution in [-0.2, 0) is 14.4 Å². The highest BCUT2D eigenvalue weighted by Gasteiger charge is 2.46. The number of likely N-dealkylation sites (N-methyl/N-ethyl adjacent to an activating group) is 1. The first kappa shape index (κ1) is 24.5. The molecule has 1 unspecified atom stereocenters. The van der Waals surface area contributed by atoms with Crippen LogP contribution < -0.4 is 15.5 Å². The highest BCUT2D eigenvalue weighted by Crippen LogP contribution is 2.40. The van der Waals surface area contributed by atoms with Gasteiger partial charge in [0.15, 0.2) is 0 Å². The van der Waals surface area contributed by atoms with Crippen molar-refractivity contribution in [2.45, 2.75) is 75.5 Å². The molecule has 2 aromatic rings. The minimum atomic E-state index is -1.13. The lowest BCUT2D eigenvalue weighted by molar-refractivity contribution is -0.140. The number of aliphatic hydroxyl groups excluding tert-OH is 1. The van der Waals surface area contributed by atoms with Crippen LogP contribution in [0, 0.1) is 5.92 Å². The summed E-state index contributed by atoms with van der Waals surface area (Å²) in [5, 5.41) is 16.7. The van der Waals surface area contributed by atoms with E-state index in [-0.39, 0.29) is 17.7 Å². The Morgan fingerprint density at radius 1 is 0.944 bits per heavy atom. The van der Waals surface area contributed by atoms with Crippen molar-refractivity contribution in [2.75, 3.05) is 11.9 Å². The smallest absolute Gasteiger partial charge is 0.253 e. The molecule has 5 rings (SSSR count). The third-order valence-corrected chi connectivity index (χ3v) is 8.30. The number of para-hydroxylation sites is 1. The maximum absolute atomic E-state index is 13.8. The van der Waals surface area contributed by atoms with E-state index in [1.54, 1.807) is 11.9 Å². The number of hydrogen-bond donors (Lipinski definition) is 3. The molecule has 0 aromatic heterocycles. The summed E-state index contributed by atoms with van der Waals surface area (Å²) in [6.07, 6.45) is 6.27. The fourth-order valence-corrected chi connectivity index (χ4v) is 6.20. The second kappa shape index (κ2) is 10.1. The average molecular weight is 490 g/mol. The minimum Gasteiger partial charge on any atom is -0.383 e. The van der Waals surface area contributed by atoms with E-state index in [4.69, 9.17) is 0 Å². The van der Waals surface area contributed by atoms with E-state index < -0.39 is 23.6 Å². The van der Waals surface area contributed by atoms with Gasteiger partial charge in [0.25, 0.3) is 5.91 Å². The molecular weight excluding hydrogens is 454 g/mol. The van der Waals surface area contributed by atoms with Gasteiger partial charge in [-0.05, 0) is 48.8 Å². The summed E-state index contributed by atoms with van der Waals surface area (Å²) in [6, 6.07) is 14.5. The highest BCUT2D eigenvalue weighted by molar-refractivity contribution is 6.06. The van der Waals surface area contributed by atoms with Crippen molar-refractivity contribution in [3.8, 4) is 11.1 Å². The third kappa shape index (κ3) is 4.41. The maximum atomic E-state index is 13.8. The maximum Gasteiger partial charge on any atom is 0.253 e. The third-order valence-electron chi connectivity index (χ3n) is 8.30. The topological polar surface area (TPSA) is 98.7 Å². The fraction of sp³-hybridized carbons (Fsp3) is 0.483. The van der Waals surface area contributed by atoms with Crippen molar-refractivity contribution in [3.05, 3.63) is 54.1 Å². The second-order valence-corrected chi connectivity index (χ2v) is 10.5. The molecule has 2 atom stereocenters. The van der Waals surface area contributed by atoms with Crippen molar-refractivity contribution < 1.29 is 19.5 Å². The number of carbonyl (C=O) groups excluding carboxylic acids is 3. The first-order valence-corrected chi connectivity index (χ1v) is 13.2. The number of rotatable bonds is 5. The van der Waals surface area contributed by atoms with Crippen LogP contribution in [-0.4, -0.2) is 41.5 Å². The molecule has 0 spiro atoms. The predicted octanol–water partition coefficient (Wildman–Crippen LogP) is 3.86. The van der Waals surface area contributed by atoms with Crippen LogP contribution >= 0.6 is 0 Å². The molecule has 2 aromatic carbocycles. The van der Waals surface area contributed by atoms with Gasteiger partial charge in [-0.15, -0.1) is 0 Å². The molecule has 7 nitrogen and oxygen atoms in total. The van der Waals surface area contributed by atoms with E-state index in [1.165, 1.54) is 0 Å². The van der Waals surface area contributed by atoms with Gasteiger partial charge in [0.2, 0.25) is 11.8 Å². The number of benzene rings is 2. The first-order valence-electron chi connectivity index (χ1n) is 13.2. The Balaban J connectivity index is 1.42. The molecule has 0 bridgehead atoms. The summed E-state index contributed by atoms with van der Waals surface area (Å²) in [6.45, 7) is 0. The predicted molar refractivity (Wildman–Crippen MR) is 138 cm³/mol. The summed E-state index contributed by atoms with van der Waals surface area (Å²) in [7, 11) is 1.72. The Hall–Kier alpha value is -3.19. The number of nitrogens with zero attached hydrogens (tertiary/aromatic N) is 1. The van der Waals surface area contributed by atoms with Crippen molar-refractivity contribution >= 4 is 23.4 Å². The summed E-state index contributed by atoms with van der Waals surface area (Å²) in [5.41, 5.74) is 2.22. The van der Waals surface area contributed by atoms with Crippen LogP contribution in [0.15, 0.2) is 48.5 Å². The molecule has 3 amide bonds. The van der Waals surface area contributed by atoms with Gasteiger partial charge < -0.3 is 20.6 Å². The van der Waals surface area contributed by atoms with Crippen LogP contribution in [0.3, 0.4) is 0 Å². The quantitative estimate of drug-likeness (QED) is 0.594. The number of carbonyl (C=O) groups is 3. The molecule has 1 aliphatic heterocycles. The van der Waals surface area contributed by atoms with Crippen LogP contribution in [0.5, 0.6) is 0 Å². The molecule has 3 N–H and O–H groups in total. The normalized spacial score (nSPS) is 22.2. The lowest BCUT2D eigenvalue weighted by Gasteiger charge is -2.34. The average Bonchev–Trinajstić information content (AvgIpc) is 3.37. The molecule has 2 fully saturated rings. The molecule has 1 heterocycles. The van der Waals surface area contributed by atoms with Gasteiger partial charge in [0, 0.05) is 12.6 Å². The number of anilines is 1. The Morgan fingerprint density at radius 3 is 2.31 bits per heavy atom. The Morgan fingerprint density at radius 2 is 1.58 bits per heavy atom. The first-order chi connectivity index (χ1) is 17.4. The molecule has 0 saturated heterocycles. The summed E-state index contributed by atoms with van der Waals surface area (Å²) >= 11 is 0. The Bertz CT molecular complexity index is 1150. The Labute approximate surface area is 212 Å². The van der Waals surface area contributed by atoms with Crippen LogP contribution in [0.1, 0.15) is 69.4 Å². The van der Waals surface area contributed by atoms with Gasteiger partial charge in [-0.3, -0.25) is 14.4 Å². The van der Waals surface area contributed by atoms with E-state index in [2.05, 4.69) is 10.6 Å². The van der Waals surface area contributed by atoms with E-state index in [1.807, 2.05) is 48.5 Å². The van der Waals surface area contributed by atoms with E-state index in [0.717, 1.165) is 67.3 Å². The zero-order chi connectivity index (χ0) is 25.3. The second-order valence-electron chi connectivity index (χ2n) is 10.5. The van der Waals surface area contributed by atoms with Gasteiger partial charge in [-0.2, -0.15) is 0 Å².